The highest BCUT2D eigenvalue weighted by Gasteiger charge is 2.30. The average Bonchev–Trinajstić information content (AvgIpc) is 2.76. The Hall–Kier alpha value is -1.75. The Labute approximate surface area is 130 Å². The Morgan fingerprint density at radius 1 is 1.29 bits per heavy atom. The third-order valence-corrected chi connectivity index (χ3v) is 5.20. The Balaban J connectivity index is 1.80. The van der Waals surface area contributed by atoms with Crippen molar-refractivity contribution in [3.05, 3.63) is 75.1 Å². The first-order valence-corrected chi connectivity index (χ1v) is 7.62. The highest BCUT2D eigenvalue weighted by molar-refractivity contribution is 9.09. The van der Waals surface area contributed by atoms with Gasteiger partial charge >= 0.3 is 5.69 Å². The minimum Gasteiger partial charge on any atom is -0.258 e. The standard InChI is InChI=1S/C16H13BrFNO2/c17-16-12(9-11-3-1-2-4-13(11)16)7-10-5-6-15(19(20)21)14(18)8-10/h1-6,8,12,16H,7,9H2. The molecule has 0 heterocycles. The maximum Gasteiger partial charge on any atom is 0.304 e. The van der Waals surface area contributed by atoms with Crippen molar-refractivity contribution in [2.45, 2.75) is 17.7 Å². The van der Waals surface area contributed by atoms with Crippen LogP contribution in [0.2, 0.25) is 0 Å². The largest absolute Gasteiger partial charge is 0.304 e. The van der Waals surface area contributed by atoms with E-state index in [0.29, 0.717) is 12.3 Å². The first kappa shape index (κ1) is 14.2. The van der Waals surface area contributed by atoms with Gasteiger partial charge in [-0.25, -0.2) is 0 Å². The van der Waals surface area contributed by atoms with Crippen molar-refractivity contribution >= 4 is 21.6 Å². The quantitative estimate of drug-likeness (QED) is 0.462. The second-order valence-corrected chi connectivity index (χ2v) is 6.30. The van der Waals surface area contributed by atoms with E-state index in [2.05, 4.69) is 28.1 Å². The van der Waals surface area contributed by atoms with E-state index in [1.165, 1.54) is 23.3 Å². The number of benzene rings is 2. The van der Waals surface area contributed by atoms with E-state index in [1.54, 1.807) is 6.07 Å². The number of hydrogen-bond donors (Lipinski definition) is 0. The fourth-order valence-electron chi connectivity index (χ4n) is 2.93. The molecule has 21 heavy (non-hydrogen) atoms. The number of fused-ring (bicyclic) bond motifs is 1. The van der Waals surface area contributed by atoms with E-state index in [1.807, 2.05) is 12.1 Å². The summed E-state index contributed by atoms with van der Waals surface area (Å²) >= 11 is 3.72. The highest BCUT2D eigenvalue weighted by Crippen LogP contribution is 2.43. The van der Waals surface area contributed by atoms with Crippen molar-refractivity contribution in [3.63, 3.8) is 0 Å². The van der Waals surface area contributed by atoms with Gasteiger partial charge in [0.1, 0.15) is 0 Å². The van der Waals surface area contributed by atoms with Crippen molar-refractivity contribution < 1.29 is 9.31 Å². The predicted molar refractivity (Wildman–Crippen MR) is 82.1 cm³/mol. The van der Waals surface area contributed by atoms with Gasteiger partial charge in [0.2, 0.25) is 5.82 Å². The zero-order chi connectivity index (χ0) is 15.0. The lowest BCUT2D eigenvalue weighted by atomic mass is 9.96. The molecule has 1 aliphatic carbocycles. The Bertz CT molecular complexity index is 704. The molecule has 0 radical (unpaired) electrons. The molecule has 1 aliphatic rings. The molecule has 2 unspecified atom stereocenters. The molecule has 0 N–H and O–H groups in total. The van der Waals surface area contributed by atoms with Crippen molar-refractivity contribution in [2.75, 3.05) is 0 Å². The van der Waals surface area contributed by atoms with Crippen LogP contribution in [0.3, 0.4) is 0 Å². The summed E-state index contributed by atoms with van der Waals surface area (Å²) in [5.41, 5.74) is 2.92. The van der Waals surface area contributed by atoms with Crippen LogP contribution in [-0.4, -0.2) is 4.92 Å². The molecule has 0 aromatic heterocycles. The predicted octanol–water partition coefficient (Wildman–Crippen LogP) is 4.58. The van der Waals surface area contributed by atoms with E-state index < -0.39 is 16.4 Å². The maximum atomic E-state index is 13.7. The van der Waals surface area contributed by atoms with E-state index >= 15 is 0 Å². The molecule has 108 valence electrons. The fourth-order valence-corrected chi connectivity index (χ4v) is 3.75. The van der Waals surface area contributed by atoms with Gasteiger partial charge in [-0.2, -0.15) is 4.39 Å². The van der Waals surface area contributed by atoms with Gasteiger partial charge in [0.15, 0.2) is 0 Å². The van der Waals surface area contributed by atoms with Crippen LogP contribution >= 0.6 is 15.9 Å². The Morgan fingerprint density at radius 3 is 2.71 bits per heavy atom. The van der Waals surface area contributed by atoms with Crippen LogP contribution in [0, 0.1) is 21.8 Å². The molecule has 0 fully saturated rings. The number of hydrogen-bond acceptors (Lipinski definition) is 2. The van der Waals surface area contributed by atoms with Crippen molar-refractivity contribution in [2.24, 2.45) is 5.92 Å². The molecule has 0 saturated carbocycles. The van der Waals surface area contributed by atoms with Gasteiger partial charge in [-0.3, -0.25) is 10.1 Å². The lowest BCUT2D eigenvalue weighted by Gasteiger charge is -2.14. The molecular weight excluding hydrogens is 337 g/mol. The van der Waals surface area contributed by atoms with Crippen LogP contribution in [-0.2, 0) is 12.8 Å². The molecule has 2 aromatic rings. The summed E-state index contributed by atoms with van der Waals surface area (Å²) in [7, 11) is 0. The van der Waals surface area contributed by atoms with Crippen LogP contribution in [0.25, 0.3) is 0 Å². The second kappa shape index (κ2) is 5.56. The number of nitro groups is 1. The van der Waals surface area contributed by atoms with Gasteiger partial charge in [-0.15, -0.1) is 0 Å². The van der Waals surface area contributed by atoms with Crippen LogP contribution in [0.5, 0.6) is 0 Å². The third kappa shape index (κ3) is 2.70. The average molecular weight is 350 g/mol. The minimum atomic E-state index is -0.765. The smallest absolute Gasteiger partial charge is 0.258 e. The van der Waals surface area contributed by atoms with Crippen LogP contribution in [0.15, 0.2) is 42.5 Å². The van der Waals surface area contributed by atoms with Crippen molar-refractivity contribution in [3.8, 4) is 0 Å². The zero-order valence-corrected chi connectivity index (χ0v) is 12.7. The second-order valence-electron chi connectivity index (χ2n) is 5.31. The van der Waals surface area contributed by atoms with Crippen molar-refractivity contribution in [1.82, 2.24) is 0 Å². The highest BCUT2D eigenvalue weighted by atomic mass is 79.9. The van der Waals surface area contributed by atoms with E-state index in [-0.39, 0.29) is 4.83 Å². The number of halogens is 2. The summed E-state index contributed by atoms with van der Waals surface area (Å²) in [5.74, 6) is -0.428. The van der Waals surface area contributed by atoms with Crippen LogP contribution < -0.4 is 0 Å². The Morgan fingerprint density at radius 2 is 2.05 bits per heavy atom. The van der Waals surface area contributed by atoms with Gasteiger partial charge in [0.05, 0.1) is 4.92 Å². The lowest BCUT2D eigenvalue weighted by molar-refractivity contribution is -0.387. The topological polar surface area (TPSA) is 43.1 Å². The summed E-state index contributed by atoms with van der Waals surface area (Å²) in [6.07, 6.45) is 1.63. The minimum absolute atomic E-state index is 0.243. The summed E-state index contributed by atoms with van der Waals surface area (Å²) in [4.78, 5) is 10.2. The molecule has 0 spiro atoms. The van der Waals surface area contributed by atoms with Gasteiger partial charge in [0, 0.05) is 10.9 Å². The molecular formula is C16H13BrFNO2. The number of nitro benzene ring substituents is 1. The first-order chi connectivity index (χ1) is 10.1. The van der Waals surface area contributed by atoms with E-state index in [4.69, 9.17) is 0 Å². The number of nitrogens with zero attached hydrogens (tertiary/aromatic N) is 1. The first-order valence-electron chi connectivity index (χ1n) is 6.71. The van der Waals surface area contributed by atoms with Gasteiger partial charge in [0.25, 0.3) is 0 Å². The monoisotopic (exact) mass is 349 g/mol. The molecule has 0 aliphatic heterocycles. The van der Waals surface area contributed by atoms with Crippen LogP contribution in [0.4, 0.5) is 10.1 Å². The molecule has 3 nitrogen and oxygen atoms in total. The zero-order valence-electron chi connectivity index (χ0n) is 11.1. The number of rotatable bonds is 3. The van der Waals surface area contributed by atoms with Crippen molar-refractivity contribution in [1.29, 1.82) is 0 Å². The SMILES string of the molecule is O=[N+]([O-])c1ccc(CC2Cc3ccccc3C2Br)cc1F. The molecule has 2 aromatic carbocycles. The normalized spacial score (nSPS) is 20.3. The maximum absolute atomic E-state index is 13.7. The molecule has 2 atom stereocenters. The molecule has 3 rings (SSSR count). The summed E-state index contributed by atoms with van der Waals surface area (Å²) < 4.78 is 13.7. The van der Waals surface area contributed by atoms with Crippen LogP contribution in [0.1, 0.15) is 21.5 Å². The number of alkyl halides is 1. The molecule has 0 bridgehead atoms. The fraction of sp³-hybridized carbons (Fsp3) is 0.250. The molecule has 0 saturated heterocycles. The van der Waals surface area contributed by atoms with Gasteiger partial charge < -0.3 is 0 Å². The summed E-state index contributed by atoms with van der Waals surface area (Å²) in [6.45, 7) is 0. The van der Waals surface area contributed by atoms with Gasteiger partial charge in [-0.05, 0) is 41.5 Å². The van der Waals surface area contributed by atoms with Gasteiger partial charge in [-0.1, -0.05) is 46.3 Å². The molecule has 5 heteroatoms. The van der Waals surface area contributed by atoms with E-state index in [0.717, 1.165) is 12.0 Å². The third-order valence-electron chi connectivity index (χ3n) is 3.95. The lowest BCUT2D eigenvalue weighted by Crippen LogP contribution is -2.07. The molecule has 0 amide bonds. The Kier molecular flexibility index (Phi) is 3.76. The summed E-state index contributed by atoms with van der Waals surface area (Å²) in [6, 6.07) is 12.4. The summed E-state index contributed by atoms with van der Waals surface area (Å²) in [5, 5.41) is 10.6. The van der Waals surface area contributed by atoms with E-state index in [9.17, 15) is 14.5 Å².